The van der Waals surface area contributed by atoms with Gasteiger partial charge < -0.3 is 14.7 Å². The van der Waals surface area contributed by atoms with E-state index in [2.05, 4.69) is 11.6 Å². The Balaban J connectivity index is 0.000000292. The maximum absolute atomic E-state index is 8.88. The lowest BCUT2D eigenvalue weighted by Gasteiger charge is -1.90. The largest absolute Gasteiger partial charge is 0.466 e. The monoisotopic (exact) mass is 217 g/mol. The molecule has 0 spiro atoms. The molecule has 0 radical (unpaired) electrons. The highest BCUT2D eigenvalue weighted by molar-refractivity contribution is 7.45. The fourth-order valence-corrected chi connectivity index (χ4v) is 0.600. The number of aromatic nitrogens is 1. The van der Waals surface area contributed by atoms with Crippen molar-refractivity contribution in [2.75, 3.05) is 0 Å². The van der Waals surface area contributed by atoms with Crippen LogP contribution in [-0.2, 0) is 4.57 Å². The molecule has 6 heteroatoms. The van der Waals surface area contributed by atoms with Gasteiger partial charge in [-0.05, 0) is 18.6 Å². The summed E-state index contributed by atoms with van der Waals surface area (Å²) in [5.74, 6) is 0. The van der Waals surface area contributed by atoms with Crippen molar-refractivity contribution < 1.29 is 19.2 Å². The van der Waals surface area contributed by atoms with Gasteiger partial charge in [0.15, 0.2) is 0 Å². The molecule has 14 heavy (non-hydrogen) atoms. The van der Waals surface area contributed by atoms with Crippen LogP contribution < -0.4 is 0 Å². The molecule has 1 heterocycles. The smallest absolute Gasteiger partial charge is 0.303 e. The molecule has 78 valence electrons. The number of hydrogen-bond donors (Lipinski definition) is 3. The Labute approximate surface area is 82.0 Å². The summed E-state index contributed by atoms with van der Waals surface area (Å²) in [4.78, 5) is 25.6. The third kappa shape index (κ3) is 9.09. The molecule has 1 rings (SSSR count). The fourth-order valence-electron chi connectivity index (χ4n) is 0.600. The molecule has 0 unspecified atom stereocenters. The van der Waals surface area contributed by atoms with Crippen LogP contribution in [0.25, 0.3) is 6.08 Å². The van der Waals surface area contributed by atoms with E-state index in [1.165, 1.54) is 0 Å². The van der Waals surface area contributed by atoms with Crippen LogP contribution in [0.3, 0.4) is 0 Å². The van der Waals surface area contributed by atoms with E-state index in [4.69, 9.17) is 19.2 Å². The first-order chi connectivity index (χ1) is 6.33. The van der Waals surface area contributed by atoms with Gasteiger partial charge in [0.05, 0.1) is 0 Å². The number of nitrogens with zero attached hydrogens (tertiary/aromatic N) is 1. The van der Waals surface area contributed by atoms with Crippen molar-refractivity contribution in [3.63, 3.8) is 0 Å². The first-order valence-electron chi connectivity index (χ1n) is 3.66. The van der Waals surface area contributed by atoms with E-state index in [0.29, 0.717) is 0 Å². The van der Waals surface area contributed by atoms with E-state index in [-0.39, 0.29) is 0 Å². The van der Waals surface area contributed by atoms with Crippen LogP contribution in [0.4, 0.5) is 0 Å². The Bertz CT molecular complexity index is 321. The number of rotatable bonds is 1. The van der Waals surface area contributed by atoms with E-state index in [9.17, 15) is 0 Å². The standard InChI is InChI=1S/C8H9N.H3O4P/c1-3-8-5-4-7(2)9-6-8;1-5(2,3)4/h3-6H,1H2,2H3;(H3,1,2,3,4). The lowest BCUT2D eigenvalue weighted by molar-refractivity contribution is 0.275. The van der Waals surface area contributed by atoms with Gasteiger partial charge in [-0.3, -0.25) is 4.98 Å². The summed E-state index contributed by atoms with van der Waals surface area (Å²) in [5.41, 5.74) is 2.11. The predicted molar refractivity (Wildman–Crippen MR) is 53.3 cm³/mol. The maximum Gasteiger partial charge on any atom is 0.466 e. The third-order valence-electron chi connectivity index (χ3n) is 1.17. The summed E-state index contributed by atoms with van der Waals surface area (Å²) in [6, 6.07) is 3.96. The molecule has 1 aromatic rings. The van der Waals surface area contributed by atoms with Crippen molar-refractivity contribution >= 4 is 13.9 Å². The first-order valence-corrected chi connectivity index (χ1v) is 5.23. The zero-order valence-electron chi connectivity index (χ0n) is 7.66. The number of hydrogen-bond acceptors (Lipinski definition) is 2. The van der Waals surface area contributed by atoms with Gasteiger partial charge >= 0.3 is 7.82 Å². The Kier molecular flexibility index (Phi) is 5.27. The second kappa shape index (κ2) is 5.67. The van der Waals surface area contributed by atoms with E-state index < -0.39 is 7.82 Å². The lowest BCUT2D eigenvalue weighted by Crippen LogP contribution is -1.78. The summed E-state index contributed by atoms with van der Waals surface area (Å²) < 4.78 is 8.88. The molecule has 3 N–H and O–H groups in total. The molecule has 1 aromatic heterocycles. The van der Waals surface area contributed by atoms with E-state index in [1.54, 1.807) is 6.08 Å². The highest BCUT2D eigenvalue weighted by atomic mass is 31.2. The van der Waals surface area contributed by atoms with E-state index in [1.807, 2.05) is 25.3 Å². The summed E-state index contributed by atoms with van der Waals surface area (Å²) in [6.45, 7) is 5.59. The molecule has 0 saturated carbocycles. The van der Waals surface area contributed by atoms with Crippen molar-refractivity contribution in [1.29, 1.82) is 0 Å². The Morgan fingerprint density at radius 2 is 1.93 bits per heavy atom. The summed E-state index contributed by atoms with van der Waals surface area (Å²) in [7, 11) is -4.64. The van der Waals surface area contributed by atoms with Crippen LogP contribution in [0, 0.1) is 6.92 Å². The summed E-state index contributed by atoms with van der Waals surface area (Å²) >= 11 is 0. The molecule has 0 aliphatic heterocycles. The zero-order chi connectivity index (χ0) is 11.2. The molecule has 0 bridgehead atoms. The minimum Gasteiger partial charge on any atom is -0.303 e. The highest BCUT2D eigenvalue weighted by Gasteiger charge is 2.00. The van der Waals surface area contributed by atoms with Crippen LogP contribution in [0.5, 0.6) is 0 Å². The topological polar surface area (TPSA) is 90.7 Å². The van der Waals surface area contributed by atoms with Crippen molar-refractivity contribution in [3.8, 4) is 0 Å². The lowest BCUT2D eigenvalue weighted by atomic mass is 10.2. The van der Waals surface area contributed by atoms with Crippen LogP contribution in [0.2, 0.25) is 0 Å². The first kappa shape index (κ1) is 13.0. The quantitative estimate of drug-likeness (QED) is 0.613. The molecule has 5 nitrogen and oxygen atoms in total. The predicted octanol–water partition coefficient (Wildman–Crippen LogP) is 1.10. The Morgan fingerprint density at radius 3 is 2.21 bits per heavy atom. The van der Waals surface area contributed by atoms with Gasteiger partial charge in [-0.2, -0.15) is 0 Å². The number of aryl methyl sites for hydroxylation is 1. The average Bonchev–Trinajstić information content (AvgIpc) is 2.03. The number of phosphoric acid groups is 1. The van der Waals surface area contributed by atoms with Gasteiger partial charge in [0.1, 0.15) is 0 Å². The van der Waals surface area contributed by atoms with Crippen LogP contribution in [-0.4, -0.2) is 19.7 Å². The van der Waals surface area contributed by atoms with Gasteiger partial charge in [-0.1, -0.05) is 18.7 Å². The minimum atomic E-state index is -4.64. The Morgan fingerprint density at radius 1 is 1.43 bits per heavy atom. The van der Waals surface area contributed by atoms with Gasteiger partial charge in [0.2, 0.25) is 0 Å². The molecule has 0 saturated heterocycles. The molecule has 0 atom stereocenters. The minimum absolute atomic E-state index is 1.04. The maximum atomic E-state index is 8.88. The van der Waals surface area contributed by atoms with Crippen LogP contribution in [0.1, 0.15) is 11.3 Å². The van der Waals surface area contributed by atoms with Gasteiger partial charge in [0.25, 0.3) is 0 Å². The fraction of sp³-hybridized carbons (Fsp3) is 0.125. The van der Waals surface area contributed by atoms with Crippen molar-refractivity contribution in [2.24, 2.45) is 0 Å². The normalized spacial score (nSPS) is 10.0. The van der Waals surface area contributed by atoms with Crippen molar-refractivity contribution in [3.05, 3.63) is 36.2 Å². The van der Waals surface area contributed by atoms with Crippen molar-refractivity contribution in [1.82, 2.24) is 4.98 Å². The SMILES string of the molecule is C=Cc1ccc(C)nc1.O=P(O)(O)O. The second-order valence-corrected chi connectivity index (χ2v) is 3.48. The summed E-state index contributed by atoms with van der Waals surface area (Å²) in [5, 5.41) is 0. The van der Waals surface area contributed by atoms with Gasteiger partial charge in [-0.15, -0.1) is 0 Å². The van der Waals surface area contributed by atoms with Gasteiger partial charge in [-0.25, -0.2) is 4.57 Å². The third-order valence-corrected chi connectivity index (χ3v) is 1.17. The zero-order valence-corrected chi connectivity index (χ0v) is 8.56. The van der Waals surface area contributed by atoms with E-state index >= 15 is 0 Å². The molecule has 0 fully saturated rings. The molecular weight excluding hydrogens is 205 g/mol. The number of pyridine rings is 1. The summed E-state index contributed by atoms with van der Waals surface area (Å²) in [6.07, 6.45) is 3.59. The van der Waals surface area contributed by atoms with E-state index in [0.717, 1.165) is 11.3 Å². The molecule has 0 aromatic carbocycles. The Hall–Kier alpha value is -1.00. The highest BCUT2D eigenvalue weighted by Crippen LogP contribution is 2.25. The second-order valence-electron chi connectivity index (χ2n) is 2.45. The average molecular weight is 217 g/mol. The van der Waals surface area contributed by atoms with Crippen LogP contribution in [0.15, 0.2) is 24.9 Å². The molecular formula is C8H12NO4P. The van der Waals surface area contributed by atoms with Crippen LogP contribution >= 0.6 is 7.82 Å². The molecule has 0 aliphatic carbocycles. The van der Waals surface area contributed by atoms with Gasteiger partial charge in [0, 0.05) is 11.9 Å². The molecule has 0 aliphatic rings. The molecule has 0 amide bonds. The van der Waals surface area contributed by atoms with Crippen molar-refractivity contribution in [2.45, 2.75) is 6.92 Å².